The van der Waals surface area contributed by atoms with Crippen molar-refractivity contribution in [3.63, 3.8) is 0 Å². The molecule has 0 spiro atoms. The molecule has 1 aliphatic heterocycles. The number of carbonyl (C=O) groups excluding carboxylic acids is 1. The standard InChI is InChI=1S/C8H15NO3.ClH/c1-6(2)12-7(10)8(11)3-4-9-5-8;/h6,9,11H,3-5H2,1-2H3;1H. The van der Waals surface area contributed by atoms with Crippen molar-refractivity contribution >= 4 is 18.4 Å². The molecule has 1 heterocycles. The van der Waals surface area contributed by atoms with E-state index in [1.165, 1.54) is 0 Å². The van der Waals surface area contributed by atoms with Crippen molar-refractivity contribution in [3.8, 4) is 0 Å². The quantitative estimate of drug-likeness (QED) is 0.633. The van der Waals surface area contributed by atoms with E-state index in [-0.39, 0.29) is 18.5 Å². The zero-order chi connectivity index (χ0) is 9.19. The summed E-state index contributed by atoms with van der Waals surface area (Å²) in [5.74, 6) is -0.512. The summed E-state index contributed by atoms with van der Waals surface area (Å²) in [7, 11) is 0. The minimum atomic E-state index is -1.29. The van der Waals surface area contributed by atoms with Crippen molar-refractivity contribution in [2.24, 2.45) is 0 Å². The van der Waals surface area contributed by atoms with Crippen molar-refractivity contribution in [3.05, 3.63) is 0 Å². The van der Waals surface area contributed by atoms with Gasteiger partial charge >= 0.3 is 5.97 Å². The Balaban J connectivity index is 0.00000144. The largest absolute Gasteiger partial charge is 0.461 e. The average molecular weight is 210 g/mol. The molecule has 0 aromatic carbocycles. The molecule has 0 aromatic heterocycles. The maximum atomic E-state index is 11.3. The van der Waals surface area contributed by atoms with E-state index in [1.54, 1.807) is 13.8 Å². The first-order valence-electron chi connectivity index (χ1n) is 4.19. The van der Waals surface area contributed by atoms with Gasteiger partial charge in [-0.25, -0.2) is 4.79 Å². The van der Waals surface area contributed by atoms with Gasteiger partial charge in [0.2, 0.25) is 0 Å². The lowest BCUT2D eigenvalue weighted by atomic mass is 10.0. The van der Waals surface area contributed by atoms with Crippen molar-refractivity contribution in [2.45, 2.75) is 32.0 Å². The third kappa shape index (κ3) is 3.14. The Morgan fingerprint density at radius 2 is 2.23 bits per heavy atom. The highest BCUT2D eigenvalue weighted by Crippen LogP contribution is 2.16. The fourth-order valence-electron chi connectivity index (χ4n) is 1.18. The van der Waals surface area contributed by atoms with E-state index in [1.807, 2.05) is 0 Å². The second kappa shape index (κ2) is 4.79. The van der Waals surface area contributed by atoms with Crippen LogP contribution in [0.25, 0.3) is 0 Å². The number of aliphatic hydroxyl groups is 1. The Bertz CT molecular complexity index is 178. The summed E-state index contributed by atoms with van der Waals surface area (Å²) in [4.78, 5) is 11.3. The molecule has 0 aliphatic carbocycles. The molecule has 78 valence electrons. The van der Waals surface area contributed by atoms with E-state index < -0.39 is 11.6 Å². The summed E-state index contributed by atoms with van der Waals surface area (Å²) in [5, 5.41) is 12.6. The molecule has 0 radical (unpaired) electrons. The van der Waals surface area contributed by atoms with Gasteiger partial charge in [-0.05, 0) is 20.4 Å². The fourth-order valence-corrected chi connectivity index (χ4v) is 1.18. The Morgan fingerprint density at radius 3 is 2.62 bits per heavy atom. The SMILES string of the molecule is CC(C)OC(=O)C1(O)CCNC1.Cl. The summed E-state index contributed by atoms with van der Waals surface area (Å²) in [6, 6.07) is 0. The highest BCUT2D eigenvalue weighted by atomic mass is 35.5. The number of ether oxygens (including phenoxy) is 1. The van der Waals surface area contributed by atoms with Crippen molar-refractivity contribution in [1.29, 1.82) is 0 Å². The summed E-state index contributed by atoms with van der Waals surface area (Å²) in [6.07, 6.45) is 0.278. The third-order valence-electron chi connectivity index (χ3n) is 1.86. The van der Waals surface area contributed by atoms with Crippen LogP contribution in [0.1, 0.15) is 20.3 Å². The fraction of sp³-hybridized carbons (Fsp3) is 0.875. The Kier molecular flexibility index (Phi) is 4.67. The van der Waals surface area contributed by atoms with Gasteiger partial charge in [-0.2, -0.15) is 0 Å². The smallest absolute Gasteiger partial charge is 0.339 e. The minimum absolute atomic E-state index is 0. The van der Waals surface area contributed by atoms with Crippen LogP contribution in [0.5, 0.6) is 0 Å². The number of β-amino-alcohol motifs (C(OH)–C–C–N with tert-alkyl or cyclic N) is 1. The van der Waals surface area contributed by atoms with Gasteiger partial charge in [-0.1, -0.05) is 0 Å². The predicted molar refractivity (Wildman–Crippen MR) is 50.9 cm³/mol. The second-order valence-corrected chi connectivity index (χ2v) is 3.41. The van der Waals surface area contributed by atoms with Crippen LogP contribution in [-0.4, -0.2) is 35.9 Å². The van der Waals surface area contributed by atoms with E-state index in [4.69, 9.17) is 4.74 Å². The van der Waals surface area contributed by atoms with Gasteiger partial charge in [0.25, 0.3) is 0 Å². The molecule has 2 N–H and O–H groups in total. The van der Waals surface area contributed by atoms with Crippen LogP contribution < -0.4 is 5.32 Å². The van der Waals surface area contributed by atoms with Gasteiger partial charge in [-0.15, -0.1) is 12.4 Å². The zero-order valence-electron chi connectivity index (χ0n) is 7.87. The average Bonchev–Trinajstić information content (AvgIpc) is 2.36. The molecule has 0 amide bonds. The first-order valence-corrected chi connectivity index (χ1v) is 4.19. The number of carbonyl (C=O) groups is 1. The topological polar surface area (TPSA) is 58.6 Å². The lowest BCUT2D eigenvalue weighted by Crippen LogP contribution is -2.42. The molecule has 5 heteroatoms. The summed E-state index contributed by atoms with van der Waals surface area (Å²) in [6.45, 7) is 4.51. The molecule has 0 bridgehead atoms. The van der Waals surface area contributed by atoms with Crippen molar-refractivity contribution < 1.29 is 14.6 Å². The van der Waals surface area contributed by atoms with Crippen LogP contribution in [0.3, 0.4) is 0 Å². The number of esters is 1. The molecule has 1 saturated heterocycles. The van der Waals surface area contributed by atoms with Gasteiger partial charge in [-0.3, -0.25) is 0 Å². The normalized spacial score (nSPS) is 27.1. The number of hydrogen-bond acceptors (Lipinski definition) is 4. The van der Waals surface area contributed by atoms with Gasteiger partial charge in [0.05, 0.1) is 6.10 Å². The van der Waals surface area contributed by atoms with Crippen molar-refractivity contribution in [1.82, 2.24) is 5.32 Å². The van der Waals surface area contributed by atoms with Gasteiger partial charge < -0.3 is 15.2 Å². The van der Waals surface area contributed by atoms with E-state index in [0.29, 0.717) is 19.5 Å². The molecule has 1 aliphatic rings. The first kappa shape index (κ1) is 12.7. The van der Waals surface area contributed by atoms with Crippen LogP contribution >= 0.6 is 12.4 Å². The summed E-state index contributed by atoms with van der Waals surface area (Å²) in [5.41, 5.74) is -1.29. The Hall–Kier alpha value is -0.320. The minimum Gasteiger partial charge on any atom is -0.461 e. The molecule has 13 heavy (non-hydrogen) atoms. The highest BCUT2D eigenvalue weighted by Gasteiger charge is 2.40. The molecule has 1 fully saturated rings. The lowest BCUT2D eigenvalue weighted by molar-refractivity contribution is -0.167. The maximum absolute atomic E-state index is 11.3. The second-order valence-electron chi connectivity index (χ2n) is 3.41. The summed E-state index contributed by atoms with van der Waals surface area (Å²) >= 11 is 0. The van der Waals surface area contributed by atoms with E-state index in [2.05, 4.69) is 5.32 Å². The molecule has 0 saturated carbocycles. The van der Waals surface area contributed by atoms with Crippen LogP contribution in [0.15, 0.2) is 0 Å². The van der Waals surface area contributed by atoms with Gasteiger partial charge in [0.1, 0.15) is 0 Å². The molecule has 1 atom stereocenters. The number of nitrogens with one attached hydrogen (secondary N) is 1. The molecule has 1 unspecified atom stereocenters. The number of halogens is 1. The van der Waals surface area contributed by atoms with Gasteiger partial charge in [0.15, 0.2) is 5.60 Å². The van der Waals surface area contributed by atoms with Crippen molar-refractivity contribution in [2.75, 3.05) is 13.1 Å². The number of rotatable bonds is 2. The lowest BCUT2D eigenvalue weighted by Gasteiger charge is -2.20. The molecule has 1 rings (SSSR count). The molecular formula is C8H16ClNO3. The Morgan fingerprint density at radius 1 is 1.62 bits per heavy atom. The molecular weight excluding hydrogens is 194 g/mol. The number of hydrogen-bond donors (Lipinski definition) is 2. The third-order valence-corrected chi connectivity index (χ3v) is 1.86. The molecule has 0 aromatic rings. The van der Waals surface area contributed by atoms with E-state index in [0.717, 1.165) is 0 Å². The van der Waals surface area contributed by atoms with E-state index >= 15 is 0 Å². The van der Waals surface area contributed by atoms with Crippen LogP contribution in [-0.2, 0) is 9.53 Å². The first-order chi connectivity index (χ1) is 5.54. The molecule has 4 nitrogen and oxygen atoms in total. The highest BCUT2D eigenvalue weighted by molar-refractivity contribution is 5.85. The van der Waals surface area contributed by atoms with Crippen LogP contribution in [0.2, 0.25) is 0 Å². The van der Waals surface area contributed by atoms with Gasteiger partial charge in [0, 0.05) is 13.0 Å². The van der Waals surface area contributed by atoms with Crippen LogP contribution in [0.4, 0.5) is 0 Å². The Labute approximate surface area is 84.1 Å². The van der Waals surface area contributed by atoms with E-state index in [9.17, 15) is 9.90 Å². The van der Waals surface area contributed by atoms with Crippen LogP contribution in [0, 0.1) is 0 Å². The summed E-state index contributed by atoms with van der Waals surface area (Å²) < 4.78 is 4.91. The monoisotopic (exact) mass is 209 g/mol. The maximum Gasteiger partial charge on any atom is 0.339 e. The predicted octanol–water partition coefficient (Wildman–Crippen LogP) is 0.0842. The zero-order valence-corrected chi connectivity index (χ0v) is 8.69.